The molecule has 7 nitrogen and oxygen atoms in total. The van der Waals surface area contributed by atoms with Crippen LogP contribution in [0.5, 0.6) is 0 Å². The Hall–Kier alpha value is -4.00. The van der Waals surface area contributed by atoms with Gasteiger partial charge in [0.05, 0.1) is 47.1 Å². The van der Waals surface area contributed by atoms with Gasteiger partial charge in [-0.2, -0.15) is 0 Å². The van der Waals surface area contributed by atoms with Crippen molar-refractivity contribution in [1.82, 2.24) is 5.32 Å². The zero-order chi connectivity index (χ0) is 28.7. The van der Waals surface area contributed by atoms with Crippen LogP contribution >= 0.6 is 0 Å². The fourth-order valence-corrected chi connectivity index (χ4v) is 6.04. The molecule has 2 atom stereocenters. The molecule has 2 N–H and O–H groups in total. The lowest BCUT2D eigenvalue weighted by molar-refractivity contribution is -0.141. The minimum absolute atomic E-state index is 0.193. The van der Waals surface area contributed by atoms with Gasteiger partial charge in [0.1, 0.15) is 0 Å². The standard InChI is InChI=1S/C33H38N4O3/c1-8-23-18(3)29-15-32-25(16-38)20(5)28(36-32)14-30-19(4)24(10-9-11-40-22(7)39)33(37-30)21(6)27-12-17(2)26(34-27)13-31(23)35-29/h12-16,19,24,37-38H,8-11H2,1-7H3/b25-16-,26-13?,29-15?,30-14?,33-21?/t19-,24-/m0/s1. The second-order valence-corrected chi connectivity index (χ2v) is 11.0. The Balaban J connectivity index is 1.68. The second-order valence-electron chi connectivity index (χ2n) is 11.0. The van der Waals surface area contributed by atoms with E-state index < -0.39 is 0 Å². The van der Waals surface area contributed by atoms with Crippen LogP contribution in [0.3, 0.4) is 0 Å². The second kappa shape index (κ2) is 10.9. The van der Waals surface area contributed by atoms with Gasteiger partial charge in [0.2, 0.25) is 0 Å². The minimum Gasteiger partial charge on any atom is -0.515 e. The van der Waals surface area contributed by atoms with Crippen LogP contribution in [0.1, 0.15) is 67.7 Å². The lowest BCUT2D eigenvalue weighted by Gasteiger charge is -2.17. The van der Waals surface area contributed by atoms with E-state index in [9.17, 15) is 9.90 Å². The number of nitrogens with one attached hydrogen (secondary N) is 1. The summed E-state index contributed by atoms with van der Waals surface area (Å²) in [4.78, 5) is 26.3. The maximum Gasteiger partial charge on any atom is 0.302 e. The van der Waals surface area contributed by atoms with Crippen LogP contribution in [0.15, 0.2) is 107 Å². The largest absolute Gasteiger partial charge is 0.515 e. The van der Waals surface area contributed by atoms with E-state index in [-0.39, 0.29) is 17.8 Å². The third-order valence-electron chi connectivity index (χ3n) is 8.51. The molecule has 0 aromatic carbocycles. The molecule has 8 bridgehead atoms. The van der Waals surface area contributed by atoms with Crippen molar-refractivity contribution in [2.75, 3.05) is 6.61 Å². The van der Waals surface area contributed by atoms with E-state index >= 15 is 0 Å². The van der Waals surface area contributed by atoms with E-state index in [1.165, 1.54) is 12.5 Å². The molecule has 5 aliphatic rings. The molecule has 5 aliphatic heterocycles. The highest BCUT2D eigenvalue weighted by Gasteiger charge is 2.35. The molecule has 0 radical (unpaired) electrons. The van der Waals surface area contributed by atoms with Gasteiger partial charge < -0.3 is 15.2 Å². The van der Waals surface area contributed by atoms with Crippen LogP contribution in [0.4, 0.5) is 0 Å². The van der Waals surface area contributed by atoms with Gasteiger partial charge in [-0.1, -0.05) is 13.8 Å². The number of carbonyl (C=O) groups is 1. The number of fused-ring (bicyclic) bond motifs is 5. The summed E-state index contributed by atoms with van der Waals surface area (Å²) in [6.07, 6.45) is 12.0. The summed E-state index contributed by atoms with van der Waals surface area (Å²) in [5.41, 5.74) is 13.5. The monoisotopic (exact) mass is 538 g/mol. The summed E-state index contributed by atoms with van der Waals surface area (Å²) in [5, 5.41) is 13.9. The number of hydrogen-bond acceptors (Lipinski definition) is 7. The highest BCUT2D eigenvalue weighted by Crippen LogP contribution is 2.41. The van der Waals surface area contributed by atoms with Gasteiger partial charge in [-0.05, 0) is 99.1 Å². The fourth-order valence-electron chi connectivity index (χ4n) is 6.04. The van der Waals surface area contributed by atoms with E-state index in [1.54, 1.807) is 0 Å². The van der Waals surface area contributed by atoms with E-state index in [1.807, 2.05) is 13.0 Å². The average molecular weight is 539 g/mol. The summed E-state index contributed by atoms with van der Waals surface area (Å²) >= 11 is 0. The van der Waals surface area contributed by atoms with E-state index in [0.29, 0.717) is 17.9 Å². The number of allylic oxidation sites excluding steroid dienone is 12. The maximum atomic E-state index is 11.3. The average Bonchev–Trinajstić information content (AvgIpc) is 3.61. The first-order valence-electron chi connectivity index (χ1n) is 14.1. The quantitative estimate of drug-likeness (QED) is 0.227. The molecule has 0 aromatic heterocycles. The first kappa shape index (κ1) is 27.6. The maximum absolute atomic E-state index is 11.3. The van der Waals surface area contributed by atoms with Crippen LogP contribution in [-0.4, -0.2) is 34.8 Å². The van der Waals surface area contributed by atoms with Crippen molar-refractivity contribution < 1.29 is 14.6 Å². The molecule has 208 valence electrons. The van der Waals surface area contributed by atoms with Crippen molar-refractivity contribution in [3.63, 3.8) is 0 Å². The van der Waals surface area contributed by atoms with Crippen LogP contribution < -0.4 is 5.32 Å². The van der Waals surface area contributed by atoms with Crippen molar-refractivity contribution in [2.45, 2.75) is 67.7 Å². The Kier molecular flexibility index (Phi) is 7.49. The summed E-state index contributed by atoms with van der Waals surface area (Å²) in [6, 6.07) is 0. The van der Waals surface area contributed by atoms with Crippen LogP contribution in [0.2, 0.25) is 0 Å². The third-order valence-corrected chi connectivity index (χ3v) is 8.51. The number of esters is 1. The molecular formula is C33H38N4O3. The normalized spacial score (nSPS) is 25.0. The molecule has 0 spiro atoms. The molecule has 0 aliphatic carbocycles. The Labute approximate surface area is 236 Å². The zero-order valence-corrected chi connectivity index (χ0v) is 24.5. The molecule has 1 saturated heterocycles. The smallest absolute Gasteiger partial charge is 0.302 e. The van der Waals surface area contributed by atoms with E-state index in [2.05, 4.69) is 58.2 Å². The number of aliphatic imine (C=N–C) groups is 3. The summed E-state index contributed by atoms with van der Waals surface area (Å²) in [7, 11) is 0. The molecular weight excluding hydrogens is 500 g/mol. The first-order chi connectivity index (χ1) is 19.1. The Morgan fingerprint density at radius 3 is 2.40 bits per heavy atom. The lowest BCUT2D eigenvalue weighted by Crippen LogP contribution is -2.14. The first-order valence-corrected chi connectivity index (χ1v) is 14.1. The molecule has 0 amide bonds. The third kappa shape index (κ3) is 4.89. The molecule has 40 heavy (non-hydrogen) atoms. The highest BCUT2D eigenvalue weighted by atomic mass is 16.5. The Morgan fingerprint density at radius 2 is 1.70 bits per heavy atom. The van der Waals surface area contributed by atoms with Crippen LogP contribution in [0, 0.1) is 11.8 Å². The van der Waals surface area contributed by atoms with Gasteiger partial charge >= 0.3 is 5.97 Å². The van der Waals surface area contributed by atoms with Gasteiger partial charge in [-0.15, -0.1) is 0 Å². The fraction of sp³-hybridized carbons (Fsp3) is 0.394. The van der Waals surface area contributed by atoms with Crippen molar-refractivity contribution in [2.24, 2.45) is 26.8 Å². The Morgan fingerprint density at radius 1 is 0.975 bits per heavy atom. The van der Waals surface area contributed by atoms with Gasteiger partial charge in [-0.25, -0.2) is 15.0 Å². The summed E-state index contributed by atoms with van der Waals surface area (Å²) in [5.74, 6) is 0.149. The van der Waals surface area contributed by atoms with Crippen molar-refractivity contribution in [3.05, 3.63) is 92.5 Å². The SMILES string of the molecule is CCC1=C(C)C2=CC3=NC(=C(C)/C3=C/O)C=C3NC(=C(C)C4=NC(=CC1=N2)C(C)=C4)[C@@H](CCCOC(C)=O)[C@@H]3C. The minimum atomic E-state index is -0.252. The molecule has 1 fully saturated rings. The predicted molar refractivity (Wildman–Crippen MR) is 161 cm³/mol. The zero-order valence-electron chi connectivity index (χ0n) is 24.5. The number of carbonyl (C=O) groups excluding carboxylic acids is 1. The van der Waals surface area contributed by atoms with Crippen molar-refractivity contribution in [1.29, 1.82) is 0 Å². The number of nitrogens with zero attached hydrogens (tertiary/aromatic N) is 3. The van der Waals surface area contributed by atoms with Gasteiger partial charge in [0.25, 0.3) is 0 Å². The molecule has 5 rings (SSSR count). The van der Waals surface area contributed by atoms with Crippen molar-refractivity contribution in [3.8, 4) is 0 Å². The number of hydrogen-bond donors (Lipinski definition) is 2. The molecule has 5 heterocycles. The van der Waals surface area contributed by atoms with Crippen molar-refractivity contribution >= 4 is 23.1 Å². The number of rotatable bonds is 5. The number of aliphatic hydroxyl groups is 1. The Bertz CT molecular complexity index is 1530. The van der Waals surface area contributed by atoms with Gasteiger partial charge in [0.15, 0.2) is 0 Å². The topological polar surface area (TPSA) is 95.6 Å². The number of ether oxygens (including phenoxy) is 1. The van der Waals surface area contributed by atoms with Gasteiger partial charge in [0, 0.05) is 35.7 Å². The lowest BCUT2D eigenvalue weighted by atomic mass is 9.86. The molecule has 7 heteroatoms. The van der Waals surface area contributed by atoms with E-state index in [4.69, 9.17) is 19.7 Å². The van der Waals surface area contributed by atoms with Crippen LogP contribution in [-0.2, 0) is 9.53 Å². The molecule has 0 aromatic rings. The predicted octanol–water partition coefficient (Wildman–Crippen LogP) is 6.88. The summed E-state index contributed by atoms with van der Waals surface area (Å²) < 4.78 is 5.23. The molecule has 0 unspecified atom stereocenters. The number of aliphatic hydroxyl groups excluding tert-OH is 1. The van der Waals surface area contributed by atoms with E-state index in [0.717, 1.165) is 87.7 Å². The summed E-state index contributed by atoms with van der Waals surface area (Å²) in [6.45, 7) is 14.5. The van der Waals surface area contributed by atoms with Crippen LogP contribution in [0.25, 0.3) is 0 Å². The molecule has 0 saturated carbocycles. The van der Waals surface area contributed by atoms with Gasteiger partial charge in [-0.3, -0.25) is 4.79 Å². The highest BCUT2D eigenvalue weighted by molar-refractivity contribution is 6.18.